The summed E-state index contributed by atoms with van der Waals surface area (Å²) in [4.78, 5) is 11.9. The molecule has 10 heteroatoms. The summed E-state index contributed by atoms with van der Waals surface area (Å²) < 4.78 is 68.5. The van der Waals surface area contributed by atoms with Crippen LogP contribution in [0.4, 0.5) is 13.2 Å². The van der Waals surface area contributed by atoms with Gasteiger partial charge in [-0.1, -0.05) is 23.7 Å². The summed E-state index contributed by atoms with van der Waals surface area (Å²) in [5.41, 5.74) is -0.804. The summed E-state index contributed by atoms with van der Waals surface area (Å²) in [6, 6.07) is 7.93. The molecule has 146 valence electrons. The van der Waals surface area contributed by atoms with Gasteiger partial charge in [0, 0.05) is 14.1 Å². The van der Waals surface area contributed by atoms with Crippen LogP contribution in [0.25, 0.3) is 0 Å². The molecule has 0 unspecified atom stereocenters. The number of nitrogens with zero attached hydrogens (tertiary/aromatic N) is 1. The number of halogens is 4. The number of carbonyl (C=O) groups excluding carboxylic acids is 1. The summed E-state index contributed by atoms with van der Waals surface area (Å²) in [5.74, 6) is -0.890. The number of sulfonamides is 1. The van der Waals surface area contributed by atoms with Gasteiger partial charge < -0.3 is 4.74 Å². The van der Waals surface area contributed by atoms with Gasteiger partial charge in [-0.05, 0) is 35.9 Å². The van der Waals surface area contributed by atoms with Crippen molar-refractivity contribution in [3.05, 3.63) is 64.2 Å². The molecule has 0 fully saturated rings. The largest absolute Gasteiger partial charge is 0.457 e. The molecule has 0 spiro atoms. The molecule has 0 heterocycles. The lowest BCUT2D eigenvalue weighted by Gasteiger charge is -2.14. The molecule has 2 rings (SSSR count). The molecule has 0 amide bonds. The first-order chi connectivity index (χ1) is 12.4. The maximum atomic E-state index is 12.7. The van der Waals surface area contributed by atoms with Gasteiger partial charge in [-0.2, -0.15) is 13.2 Å². The van der Waals surface area contributed by atoms with Crippen molar-refractivity contribution in [2.24, 2.45) is 0 Å². The minimum Gasteiger partial charge on any atom is -0.457 e. The standard InChI is InChI=1S/C17H15ClF3NO4S/c1-22(2)27(24,25)15-9-12(6-7-14(15)18)16(23)26-10-11-4-3-5-13(8-11)17(19,20)21/h3-9H,10H2,1-2H3. The fourth-order valence-corrected chi connectivity index (χ4v) is 3.49. The van der Waals surface area contributed by atoms with E-state index in [0.717, 1.165) is 22.5 Å². The zero-order valence-corrected chi connectivity index (χ0v) is 15.8. The Morgan fingerprint density at radius 1 is 1.15 bits per heavy atom. The highest BCUT2D eigenvalue weighted by molar-refractivity contribution is 7.89. The van der Waals surface area contributed by atoms with Crippen LogP contribution in [0.2, 0.25) is 5.02 Å². The van der Waals surface area contributed by atoms with Crippen molar-refractivity contribution < 1.29 is 31.1 Å². The molecule has 0 aliphatic heterocycles. The molecule has 0 radical (unpaired) electrons. The normalized spacial score (nSPS) is 12.3. The van der Waals surface area contributed by atoms with Crippen molar-refractivity contribution in [2.75, 3.05) is 14.1 Å². The molecule has 5 nitrogen and oxygen atoms in total. The van der Waals surface area contributed by atoms with Crippen LogP contribution in [-0.2, 0) is 27.5 Å². The van der Waals surface area contributed by atoms with Gasteiger partial charge in [0.25, 0.3) is 0 Å². The lowest BCUT2D eigenvalue weighted by atomic mass is 10.1. The predicted molar refractivity (Wildman–Crippen MR) is 92.9 cm³/mol. The van der Waals surface area contributed by atoms with Crippen molar-refractivity contribution in [1.82, 2.24) is 4.31 Å². The third-order valence-corrected chi connectivity index (χ3v) is 5.85. The second-order valence-electron chi connectivity index (χ2n) is 5.71. The van der Waals surface area contributed by atoms with E-state index in [1.807, 2.05) is 0 Å². The number of ether oxygens (including phenoxy) is 1. The van der Waals surface area contributed by atoms with Crippen LogP contribution < -0.4 is 0 Å². The number of hydrogen-bond donors (Lipinski definition) is 0. The van der Waals surface area contributed by atoms with Gasteiger partial charge >= 0.3 is 12.1 Å². The average Bonchev–Trinajstić information content (AvgIpc) is 2.59. The van der Waals surface area contributed by atoms with E-state index in [4.69, 9.17) is 16.3 Å². The van der Waals surface area contributed by atoms with Gasteiger partial charge in [-0.25, -0.2) is 17.5 Å². The van der Waals surface area contributed by atoms with E-state index >= 15 is 0 Å². The molecule has 0 atom stereocenters. The van der Waals surface area contributed by atoms with E-state index in [2.05, 4.69) is 0 Å². The molecule has 0 saturated heterocycles. The molecule has 0 aromatic heterocycles. The molecule has 0 saturated carbocycles. The molecule has 2 aromatic carbocycles. The van der Waals surface area contributed by atoms with Crippen molar-refractivity contribution in [1.29, 1.82) is 0 Å². The number of carbonyl (C=O) groups is 1. The monoisotopic (exact) mass is 421 g/mol. The van der Waals surface area contributed by atoms with Gasteiger partial charge in [0.2, 0.25) is 10.0 Å². The van der Waals surface area contributed by atoms with Crippen LogP contribution in [-0.4, -0.2) is 32.8 Å². The first-order valence-electron chi connectivity index (χ1n) is 7.48. The minimum absolute atomic E-state index is 0.0712. The van der Waals surface area contributed by atoms with E-state index in [0.29, 0.717) is 0 Å². The minimum atomic E-state index is -4.51. The first kappa shape index (κ1) is 21.2. The number of rotatable bonds is 5. The highest BCUT2D eigenvalue weighted by Crippen LogP contribution is 2.30. The highest BCUT2D eigenvalue weighted by Gasteiger charge is 2.30. The summed E-state index contributed by atoms with van der Waals surface area (Å²) in [6.45, 7) is -0.402. The predicted octanol–water partition coefficient (Wildman–Crippen LogP) is 3.97. The third-order valence-electron chi connectivity index (χ3n) is 3.55. The first-order valence-corrected chi connectivity index (χ1v) is 9.30. The second-order valence-corrected chi connectivity index (χ2v) is 8.23. The topological polar surface area (TPSA) is 63.7 Å². The maximum absolute atomic E-state index is 12.7. The quantitative estimate of drug-likeness (QED) is 0.685. The molecular weight excluding hydrogens is 407 g/mol. The molecule has 0 bridgehead atoms. The zero-order valence-electron chi connectivity index (χ0n) is 14.2. The van der Waals surface area contributed by atoms with Gasteiger partial charge in [0.05, 0.1) is 16.1 Å². The van der Waals surface area contributed by atoms with Crippen molar-refractivity contribution in [3.8, 4) is 0 Å². The van der Waals surface area contributed by atoms with Crippen molar-refractivity contribution in [3.63, 3.8) is 0 Å². The van der Waals surface area contributed by atoms with Crippen LogP contribution in [0, 0.1) is 0 Å². The van der Waals surface area contributed by atoms with Crippen LogP contribution in [0.3, 0.4) is 0 Å². The van der Waals surface area contributed by atoms with Crippen LogP contribution >= 0.6 is 11.6 Å². The number of benzene rings is 2. The van der Waals surface area contributed by atoms with Crippen LogP contribution in [0.5, 0.6) is 0 Å². The lowest BCUT2D eigenvalue weighted by molar-refractivity contribution is -0.137. The Labute approximate surface area is 159 Å². The average molecular weight is 422 g/mol. The Bertz CT molecular complexity index is 959. The van der Waals surface area contributed by atoms with Crippen molar-refractivity contribution >= 4 is 27.6 Å². The van der Waals surface area contributed by atoms with E-state index in [1.165, 1.54) is 38.4 Å². The van der Waals surface area contributed by atoms with Crippen molar-refractivity contribution in [2.45, 2.75) is 17.7 Å². The zero-order chi connectivity index (χ0) is 20.4. The molecule has 0 aliphatic rings. The van der Waals surface area contributed by atoms with E-state index < -0.39 is 34.3 Å². The second kappa shape index (κ2) is 7.87. The summed E-state index contributed by atoms with van der Waals surface area (Å²) in [6.07, 6.45) is -4.51. The maximum Gasteiger partial charge on any atom is 0.416 e. The lowest BCUT2D eigenvalue weighted by Crippen LogP contribution is -2.23. The molecule has 0 aliphatic carbocycles. The smallest absolute Gasteiger partial charge is 0.416 e. The Morgan fingerprint density at radius 3 is 2.41 bits per heavy atom. The summed E-state index contributed by atoms with van der Waals surface area (Å²) in [7, 11) is -1.26. The Hall–Kier alpha value is -2.10. The van der Waals surface area contributed by atoms with Gasteiger partial charge in [0.15, 0.2) is 0 Å². The van der Waals surface area contributed by atoms with E-state index in [9.17, 15) is 26.4 Å². The van der Waals surface area contributed by atoms with Gasteiger partial charge in [0.1, 0.15) is 11.5 Å². The summed E-state index contributed by atoms with van der Waals surface area (Å²) in [5, 5.41) is -0.0712. The molecule has 2 aromatic rings. The SMILES string of the molecule is CN(C)S(=O)(=O)c1cc(C(=O)OCc2cccc(C(F)(F)F)c2)ccc1Cl. The van der Waals surface area contributed by atoms with E-state index in [-0.39, 0.29) is 21.0 Å². The Morgan fingerprint density at radius 2 is 1.81 bits per heavy atom. The van der Waals surface area contributed by atoms with E-state index in [1.54, 1.807) is 0 Å². The van der Waals surface area contributed by atoms with Crippen LogP contribution in [0.1, 0.15) is 21.5 Å². The van der Waals surface area contributed by atoms with Gasteiger partial charge in [-0.3, -0.25) is 0 Å². The Kier molecular flexibility index (Phi) is 6.18. The molecule has 27 heavy (non-hydrogen) atoms. The molecular formula is C17H15ClF3NO4S. The Balaban J connectivity index is 2.20. The number of alkyl halides is 3. The number of hydrogen-bond acceptors (Lipinski definition) is 4. The fourth-order valence-electron chi connectivity index (χ4n) is 2.09. The van der Waals surface area contributed by atoms with Crippen LogP contribution in [0.15, 0.2) is 47.4 Å². The van der Waals surface area contributed by atoms with Gasteiger partial charge in [-0.15, -0.1) is 0 Å². The molecule has 0 N–H and O–H groups in total. The third kappa shape index (κ3) is 5.00. The summed E-state index contributed by atoms with van der Waals surface area (Å²) >= 11 is 5.90. The highest BCUT2D eigenvalue weighted by atomic mass is 35.5. The number of esters is 1. The fraction of sp³-hybridized carbons (Fsp3) is 0.235.